The molecule has 1 atom stereocenters. The van der Waals surface area contributed by atoms with Gasteiger partial charge in [0.2, 0.25) is 11.8 Å². The topological polar surface area (TPSA) is 66.6 Å². The summed E-state index contributed by atoms with van der Waals surface area (Å²) in [5.41, 5.74) is 5.76. The van der Waals surface area contributed by atoms with Crippen molar-refractivity contribution >= 4 is 24.2 Å². The van der Waals surface area contributed by atoms with Gasteiger partial charge in [0, 0.05) is 33.2 Å². The normalized spacial score (nSPS) is 19.9. The quantitative estimate of drug-likeness (QED) is 0.692. The van der Waals surface area contributed by atoms with Gasteiger partial charge in [0.15, 0.2) is 0 Å². The first-order chi connectivity index (χ1) is 7.00. The van der Waals surface area contributed by atoms with E-state index >= 15 is 0 Å². The van der Waals surface area contributed by atoms with Crippen LogP contribution in [0.25, 0.3) is 0 Å². The minimum absolute atomic E-state index is 0. The highest BCUT2D eigenvalue weighted by atomic mass is 35.5. The van der Waals surface area contributed by atoms with Gasteiger partial charge in [-0.3, -0.25) is 9.59 Å². The highest BCUT2D eigenvalue weighted by Gasteiger charge is 2.23. The predicted molar refractivity (Wildman–Crippen MR) is 64.3 cm³/mol. The van der Waals surface area contributed by atoms with Crippen molar-refractivity contribution in [1.82, 2.24) is 9.80 Å². The van der Waals surface area contributed by atoms with E-state index in [9.17, 15) is 9.59 Å². The monoisotopic (exact) mass is 249 g/mol. The second kappa shape index (κ2) is 6.70. The molecular formula is C10H20ClN3O2. The van der Waals surface area contributed by atoms with Crippen molar-refractivity contribution in [3.05, 3.63) is 0 Å². The zero-order valence-corrected chi connectivity index (χ0v) is 10.6. The van der Waals surface area contributed by atoms with Gasteiger partial charge in [-0.05, 0) is 12.8 Å². The smallest absolute Gasteiger partial charge is 0.232 e. The van der Waals surface area contributed by atoms with E-state index in [-0.39, 0.29) is 36.7 Å². The first-order valence-corrected chi connectivity index (χ1v) is 5.24. The lowest BCUT2D eigenvalue weighted by Crippen LogP contribution is -2.46. The number of rotatable bonds is 2. The number of nitrogens with zero attached hydrogens (tertiary/aromatic N) is 2. The Morgan fingerprint density at radius 2 is 2.06 bits per heavy atom. The summed E-state index contributed by atoms with van der Waals surface area (Å²) in [5.74, 6) is -0.261. The van der Waals surface area contributed by atoms with Crippen LogP contribution in [0.4, 0.5) is 0 Å². The third-order valence-corrected chi connectivity index (χ3v) is 2.61. The first kappa shape index (κ1) is 15.2. The maximum absolute atomic E-state index is 11.7. The molecule has 1 fully saturated rings. The van der Waals surface area contributed by atoms with Crippen molar-refractivity contribution in [3.8, 4) is 0 Å². The lowest BCUT2D eigenvalue weighted by molar-refractivity contribution is -0.140. The van der Waals surface area contributed by atoms with E-state index in [0.29, 0.717) is 6.54 Å². The fourth-order valence-electron chi connectivity index (χ4n) is 1.64. The van der Waals surface area contributed by atoms with Crippen LogP contribution in [0, 0.1) is 0 Å². The minimum atomic E-state index is -0.154. The Kier molecular flexibility index (Phi) is 6.36. The molecule has 2 amide bonds. The Hall–Kier alpha value is -0.810. The molecule has 94 valence electrons. The van der Waals surface area contributed by atoms with Gasteiger partial charge in [-0.1, -0.05) is 0 Å². The van der Waals surface area contributed by atoms with Crippen LogP contribution in [0.2, 0.25) is 0 Å². The summed E-state index contributed by atoms with van der Waals surface area (Å²) in [7, 11) is 3.30. The maximum atomic E-state index is 11.7. The van der Waals surface area contributed by atoms with E-state index in [4.69, 9.17) is 5.73 Å². The number of hydrogen-bond donors (Lipinski definition) is 1. The SMILES string of the molecule is CN(C)C(=O)CC(=O)N1CCC[C@@H](N)C1.Cl. The fraction of sp³-hybridized carbons (Fsp3) is 0.800. The number of piperidine rings is 1. The lowest BCUT2D eigenvalue weighted by atomic mass is 10.1. The molecule has 1 aliphatic rings. The average molecular weight is 250 g/mol. The molecule has 2 N–H and O–H groups in total. The predicted octanol–water partition coefficient (Wildman–Crippen LogP) is -0.164. The molecule has 1 heterocycles. The van der Waals surface area contributed by atoms with Crippen LogP contribution in [0.5, 0.6) is 0 Å². The van der Waals surface area contributed by atoms with Crippen molar-refractivity contribution in [1.29, 1.82) is 0 Å². The number of amides is 2. The zero-order chi connectivity index (χ0) is 11.4. The van der Waals surface area contributed by atoms with E-state index in [1.54, 1.807) is 19.0 Å². The van der Waals surface area contributed by atoms with Gasteiger partial charge in [-0.2, -0.15) is 0 Å². The number of carbonyl (C=O) groups excluding carboxylic acids is 2. The van der Waals surface area contributed by atoms with Gasteiger partial charge in [-0.25, -0.2) is 0 Å². The van der Waals surface area contributed by atoms with Gasteiger partial charge in [0.05, 0.1) is 0 Å². The fourth-order valence-corrected chi connectivity index (χ4v) is 1.64. The van der Waals surface area contributed by atoms with E-state index in [0.717, 1.165) is 19.4 Å². The standard InChI is InChI=1S/C10H19N3O2.ClH/c1-12(2)9(14)6-10(15)13-5-3-4-8(11)7-13;/h8H,3-7,11H2,1-2H3;1H/t8-;/m1./s1. The van der Waals surface area contributed by atoms with Crippen LogP contribution < -0.4 is 5.73 Å². The van der Waals surface area contributed by atoms with Crippen LogP contribution in [-0.2, 0) is 9.59 Å². The summed E-state index contributed by atoms with van der Waals surface area (Å²) in [4.78, 5) is 26.1. The van der Waals surface area contributed by atoms with E-state index in [1.165, 1.54) is 4.90 Å². The molecular weight excluding hydrogens is 230 g/mol. The van der Waals surface area contributed by atoms with Gasteiger partial charge < -0.3 is 15.5 Å². The molecule has 1 aliphatic heterocycles. The van der Waals surface area contributed by atoms with Crippen molar-refractivity contribution in [2.75, 3.05) is 27.2 Å². The largest absolute Gasteiger partial charge is 0.348 e. The summed E-state index contributed by atoms with van der Waals surface area (Å²) in [6, 6.07) is 0.0668. The molecule has 0 spiro atoms. The van der Waals surface area contributed by atoms with Crippen molar-refractivity contribution in [2.45, 2.75) is 25.3 Å². The molecule has 0 saturated carbocycles. The highest BCUT2D eigenvalue weighted by molar-refractivity contribution is 5.96. The van der Waals surface area contributed by atoms with Crippen molar-refractivity contribution in [3.63, 3.8) is 0 Å². The molecule has 6 heteroatoms. The van der Waals surface area contributed by atoms with Crippen molar-refractivity contribution < 1.29 is 9.59 Å². The molecule has 0 bridgehead atoms. The van der Waals surface area contributed by atoms with Gasteiger partial charge >= 0.3 is 0 Å². The first-order valence-electron chi connectivity index (χ1n) is 5.24. The number of nitrogens with two attached hydrogens (primary N) is 1. The summed E-state index contributed by atoms with van der Waals surface area (Å²) in [6.45, 7) is 1.31. The number of likely N-dealkylation sites (tertiary alicyclic amines) is 1. The van der Waals surface area contributed by atoms with Crippen LogP contribution in [0.3, 0.4) is 0 Å². The Morgan fingerprint density at radius 1 is 1.44 bits per heavy atom. The zero-order valence-electron chi connectivity index (χ0n) is 9.81. The van der Waals surface area contributed by atoms with E-state index in [2.05, 4.69) is 0 Å². The summed E-state index contributed by atoms with van der Waals surface area (Å²) >= 11 is 0. The Bertz CT molecular complexity index is 258. The maximum Gasteiger partial charge on any atom is 0.232 e. The molecule has 0 unspecified atom stereocenters. The molecule has 1 rings (SSSR count). The molecule has 5 nitrogen and oxygen atoms in total. The molecule has 0 aromatic heterocycles. The van der Waals surface area contributed by atoms with Crippen molar-refractivity contribution in [2.24, 2.45) is 5.73 Å². The Morgan fingerprint density at radius 3 is 2.56 bits per heavy atom. The van der Waals surface area contributed by atoms with E-state index < -0.39 is 0 Å². The Balaban J connectivity index is 0.00000225. The second-order valence-electron chi connectivity index (χ2n) is 4.21. The van der Waals surface area contributed by atoms with Crippen LogP contribution in [0.15, 0.2) is 0 Å². The van der Waals surface area contributed by atoms with Gasteiger partial charge in [0.1, 0.15) is 6.42 Å². The second-order valence-corrected chi connectivity index (χ2v) is 4.21. The number of carbonyl (C=O) groups is 2. The third-order valence-electron chi connectivity index (χ3n) is 2.61. The average Bonchev–Trinajstić information content (AvgIpc) is 2.17. The summed E-state index contributed by atoms with van der Waals surface area (Å²) in [6.07, 6.45) is 1.86. The minimum Gasteiger partial charge on any atom is -0.348 e. The Labute approximate surface area is 102 Å². The van der Waals surface area contributed by atoms with E-state index in [1.807, 2.05) is 0 Å². The number of hydrogen-bond acceptors (Lipinski definition) is 3. The molecule has 1 saturated heterocycles. The summed E-state index contributed by atoms with van der Waals surface area (Å²) < 4.78 is 0. The summed E-state index contributed by atoms with van der Waals surface area (Å²) in [5, 5.41) is 0. The molecule has 0 aromatic carbocycles. The van der Waals surface area contributed by atoms with Crippen LogP contribution in [0.1, 0.15) is 19.3 Å². The highest BCUT2D eigenvalue weighted by Crippen LogP contribution is 2.09. The van der Waals surface area contributed by atoms with Gasteiger partial charge in [-0.15, -0.1) is 12.4 Å². The lowest BCUT2D eigenvalue weighted by Gasteiger charge is -2.30. The molecule has 16 heavy (non-hydrogen) atoms. The van der Waals surface area contributed by atoms with Crippen LogP contribution >= 0.6 is 12.4 Å². The third kappa shape index (κ3) is 4.37. The van der Waals surface area contributed by atoms with Crippen LogP contribution in [-0.4, -0.2) is 54.8 Å². The molecule has 0 aromatic rings. The molecule has 0 aliphatic carbocycles. The molecule has 0 radical (unpaired) electrons. The number of halogens is 1. The van der Waals surface area contributed by atoms with Gasteiger partial charge in [0.25, 0.3) is 0 Å².